The monoisotopic (exact) mass is 419 g/mol. The lowest BCUT2D eigenvalue weighted by Gasteiger charge is -2.23. The smallest absolute Gasteiger partial charge is 0.329 e. The molecule has 9 heteroatoms. The molecule has 3 N–H and O–H groups in total. The van der Waals surface area contributed by atoms with Crippen LogP contribution in [0.25, 0.3) is 0 Å². The maximum absolute atomic E-state index is 13.7. The molecule has 2 aromatic rings. The van der Waals surface area contributed by atoms with Crippen LogP contribution in [0.5, 0.6) is 0 Å². The highest BCUT2D eigenvalue weighted by atomic mass is 19.1. The van der Waals surface area contributed by atoms with E-state index in [1.807, 2.05) is 0 Å². The molecule has 0 aliphatic carbocycles. The topological polar surface area (TPSA) is 96.5 Å². The fourth-order valence-corrected chi connectivity index (χ4v) is 2.45. The molecule has 2 aromatic carbocycles. The molecule has 2 rings (SSSR count). The highest BCUT2D eigenvalue weighted by Gasteiger charge is 2.29. The van der Waals surface area contributed by atoms with E-state index in [0.717, 1.165) is 12.1 Å². The van der Waals surface area contributed by atoms with Crippen molar-refractivity contribution < 1.29 is 27.9 Å². The largest absolute Gasteiger partial charge is 0.451 e. The van der Waals surface area contributed by atoms with E-state index < -0.39 is 41.7 Å². The summed E-state index contributed by atoms with van der Waals surface area (Å²) < 4.78 is 31.8. The van der Waals surface area contributed by atoms with Crippen molar-refractivity contribution in [3.8, 4) is 0 Å². The molecule has 0 heterocycles. The number of nitrogens with one attached hydrogen (secondary N) is 3. The van der Waals surface area contributed by atoms with Crippen molar-refractivity contribution in [3.05, 3.63) is 60.2 Å². The second-order valence-electron chi connectivity index (χ2n) is 6.88. The molecule has 160 valence electrons. The lowest BCUT2D eigenvalue weighted by Crippen LogP contribution is -2.48. The summed E-state index contributed by atoms with van der Waals surface area (Å²) in [6, 6.07) is 9.68. The molecule has 0 fully saturated rings. The Hall–Kier alpha value is -3.49. The molecule has 0 radical (unpaired) electrons. The Balaban J connectivity index is 1.95. The van der Waals surface area contributed by atoms with Crippen LogP contribution in [0.2, 0.25) is 0 Å². The van der Waals surface area contributed by atoms with Crippen LogP contribution < -0.4 is 16.0 Å². The van der Waals surface area contributed by atoms with Crippen LogP contribution in [0.3, 0.4) is 0 Å². The molecule has 0 aliphatic rings. The van der Waals surface area contributed by atoms with Crippen LogP contribution in [0.4, 0.5) is 25.0 Å². The van der Waals surface area contributed by atoms with Crippen LogP contribution in [-0.2, 0) is 14.3 Å². The van der Waals surface area contributed by atoms with E-state index in [1.54, 1.807) is 44.2 Å². The Bertz CT molecular complexity index is 906. The van der Waals surface area contributed by atoms with Crippen molar-refractivity contribution in [3.63, 3.8) is 0 Å². The number of anilines is 2. The Kier molecular flexibility index (Phi) is 7.85. The summed E-state index contributed by atoms with van der Waals surface area (Å²) in [6.45, 7) is 4.71. The summed E-state index contributed by atoms with van der Waals surface area (Å²) in [5.41, 5.74) is 0.296. The van der Waals surface area contributed by atoms with Gasteiger partial charge in [0.05, 0.1) is 5.69 Å². The van der Waals surface area contributed by atoms with Gasteiger partial charge in [0.1, 0.15) is 17.7 Å². The number of hydrogen-bond donors (Lipinski definition) is 3. The third-order valence-corrected chi connectivity index (χ3v) is 4.09. The average Bonchev–Trinajstić information content (AvgIpc) is 2.68. The van der Waals surface area contributed by atoms with E-state index in [2.05, 4.69) is 16.0 Å². The summed E-state index contributed by atoms with van der Waals surface area (Å²) in [4.78, 5) is 36.9. The second kappa shape index (κ2) is 10.3. The van der Waals surface area contributed by atoms with Gasteiger partial charge in [0.2, 0.25) is 0 Å². The Labute approximate surface area is 172 Å². The molecule has 30 heavy (non-hydrogen) atoms. The van der Waals surface area contributed by atoms with Crippen LogP contribution in [0.15, 0.2) is 48.5 Å². The number of carbonyl (C=O) groups excluding carboxylic acids is 3. The minimum Gasteiger partial charge on any atom is -0.451 e. The predicted molar refractivity (Wildman–Crippen MR) is 108 cm³/mol. The number of amides is 3. The molecule has 0 saturated heterocycles. The lowest BCUT2D eigenvalue weighted by molar-refractivity contribution is -0.156. The van der Waals surface area contributed by atoms with E-state index in [0.29, 0.717) is 11.8 Å². The van der Waals surface area contributed by atoms with Gasteiger partial charge in [-0.1, -0.05) is 32.0 Å². The van der Waals surface area contributed by atoms with Gasteiger partial charge in [-0.15, -0.1) is 0 Å². The first-order chi connectivity index (χ1) is 14.2. The molecule has 0 spiro atoms. The quantitative estimate of drug-likeness (QED) is 0.597. The summed E-state index contributed by atoms with van der Waals surface area (Å²) in [5.74, 6) is -3.70. The predicted octanol–water partition coefficient (Wildman–Crippen LogP) is 3.68. The number of benzene rings is 2. The molecule has 3 amide bonds. The Morgan fingerprint density at radius 1 is 0.933 bits per heavy atom. The number of carbonyl (C=O) groups is 3. The molecule has 2 atom stereocenters. The Morgan fingerprint density at radius 3 is 2.20 bits per heavy atom. The zero-order valence-electron chi connectivity index (χ0n) is 16.7. The van der Waals surface area contributed by atoms with Gasteiger partial charge in [-0.05, 0) is 37.1 Å². The molecule has 7 nitrogen and oxygen atoms in total. The van der Waals surface area contributed by atoms with Crippen LogP contribution in [-0.4, -0.2) is 30.1 Å². The summed E-state index contributed by atoms with van der Waals surface area (Å²) in [7, 11) is 0. The number of urea groups is 1. The van der Waals surface area contributed by atoms with Gasteiger partial charge in [0, 0.05) is 11.8 Å². The van der Waals surface area contributed by atoms with Gasteiger partial charge in [-0.2, -0.15) is 0 Å². The maximum Gasteiger partial charge on any atom is 0.329 e. The first-order valence-corrected chi connectivity index (χ1v) is 9.26. The third-order valence-electron chi connectivity index (χ3n) is 4.09. The zero-order chi connectivity index (χ0) is 22.3. The number of halogens is 2. The number of ether oxygens (including phenoxy) is 1. The number of para-hydroxylation sites is 1. The lowest BCUT2D eigenvalue weighted by atomic mass is 10.0. The fraction of sp³-hybridized carbons (Fsp3) is 0.286. The highest BCUT2D eigenvalue weighted by molar-refractivity contribution is 5.96. The summed E-state index contributed by atoms with van der Waals surface area (Å²) >= 11 is 0. The number of esters is 1. The molecule has 0 unspecified atom stereocenters. The fourth-order valence-electron chi connectivity index (χ4n) is 2.45. The molecule has 0 bridgehead atoms. The third kappa shape index (κ3) is 6.54. The minimum absolute atomic E-state index is 0.245. The van der Waals surface area contributed by atoms with E-state index in [-0.39, 0.29) is 11.6 Å². The van der Waals surface area contributed by atoms with Gasteiger partial charge >= 0.3 is 12.0 Å². The second-order valence-corrected chi connectivity index (χ2v) is 6.88. The van der Waals surface area contributed by atoms with Crippen LogP contribution in [0, 0.1) is 17.6 Å². The molecule has 0 aliphatic heterocycles. The van der Waals surface area contributed by atoms with Gasteiger partial charge in [0.25, 0.3) is 5.91 Å². The SMILES string of the molecule is CC(C)[C@@H](NC(=O)Nc1ccccc1)C(=O)O[C@H](C)C(=O)Nc1ccc(F)cc1F. The van der Waals surface area contributed by atoms with Crippen molar-refractivity contribution in [1.29, 1.82) is 0 Å². The Morgan fingerprint density at radius 2 is 1.60 bits per heavy atom. The van der Waals surface area contributed by atoms with E-state index in [4.69, 9.17) is 4.74 Å². The van der Waals surface area contributed by atoms with E-state index in [9.17, 15) is 23.2 Å². The van der Waals surface area contributed by atoms with Crippen LogP contribution >= 0.6 is 0 Å². The van der Waals surface area contributed by atoms with Crippen molar-refractivity contribution in [2.45, 2.75) is 32.9 Å². The van der Waals surface area contributed by atoms with Crippen molar-refractivity contribution in [2.24, 2.45) is 5.92 Å². The molecular weight excluding hydrogens is 396 g/mol. The summed E-state index contributed by atoms with van der Waals surface area (Å²) in [5, 5.41) is 7.33. The minimum atomic E-state index is -1.28. The first-order valence-electron chi connectivity index (χ1n) is 9.26. The van der Waals surface area contributed by atoms with Gasteiger partial charge < -0.3 is 20.7 Å². The maximum atomic E-state index is 13.7. The van der Waals surface area contributed by atoms with Gasteiger partial charge in [-0.3, -0.25) is 4.79 Å². The van der Waals surface area contributed by atoms with E-state index in [1.165, 1.54) is 6.92 Å². The summed E-state index contributed by atoms with van der Waals surface area (Å²) in [6.07, 6.45) is -1.28. The highest BCUT2D eigenvalue weighted by Crippen LogP contribution is 2.16. The van der Waals surface area contributed by atoms with E-state index >= 15 is 0 Å². The van der Waals surface area contributed by atoms with Gasteiger partial charge in [0.15, 0.2) is 6.10 Å². The normalized spacial score (nSPS) is 12.6. The van der Waals surface area contributed by atoms with Crippen LogP contribution in [0.1, 0.15) is 20.8 Å². The average molecular weight is 419 g/mol. The molecular formula is C21H23F2N3O4. The molecule has 0 aromatic heterocycles. The first kappa shape index (κ1) is 22.8. The van der Waals surface area contributed by atoms with Gasteiger partial charge in [-0.25, -0.2) is 18.4 Å². The van der Waals surface area contributed by atoms with Crippen molar-refractivity contribution >= 4 is 29.3 Å². The number of rotatable bonds is 7. The molecule has 0 saturated carbocycles. The van der Waals surface area contributed by atoms with Crippen molar-refractivity contribution in [1.82, 2.24) is 5.32 Å². The standard InChI is InChI=1S/C21H23F2N3O4/c1-12(2)18(26-21(29)24-15-7-5-4-6-8-15)20(28)30-13(3)19(27)25-17-10-9-14(22)11-16(17)23/h4-13,18H,1-3H3,(H,25,27)(H2,24,26,29)/t13-,18-/m1/s1. The zero-order valence-corrected chi connectivity index (χ0v) is 16.7. The number of hydrogen-bond acceptors (Lipinski definition) is 4. The van der Waals surface area contributed by atoms with Crippen molar-refractivity contribution in [2.75, 3.05) is 10.6 Å².